The molecule has 1 heterocycles. The Morgan fingerprint density at radius 3 is 1.85 bits per heavy atom. The molecule has 0 aliphatic carbocycles. The Balaban J connectivity index is 0.00000289. The van der Waals surface area contributed by atoms with Crippen LogP contribution < -0.4 is 129 Å². The first-order valence-electron chi connectivity index (χ1n) is 19.5. The summed E-state index contributed by atoms with van der Waals surface area (Å²) in [5.74, 6) is -3.59. The Morgan fingerprint density at radius 1 is 0.622 bits per heavy atom. The molecule has 0 spiro atoms. The van der Waals surface area contributed by atoms with Crippen LogP contribution in [-0.2, 0) is 52.2 Å². The van der Waals surface area contributed by atoms with Crippen molar-refractivity contribution in [2.45, 2.75) is 27.7 Å². The van der Waals surface area contributed by atoms with E-state index in [9.17, 15) is 63.8 Å². The average Bonchev–Trinajstić information content (AvgIpc) is 3.58. The molecular weight excluding hydrogens is 1120 g/mol. The third-order valence-electron chi connectivity index (χ3n) is 10.2. The Labute approximate surface area is 519 Å². The zero-order valence-corrected chi connectivity index (χ0v) is 50.6. The minimum absolute atomic E-state index is 0. The molecule has 7 aromatic rings. The Bertz CT molecular complexity index is 3810. The second-order valence-electron chi connectivity index (χ2n) is 14.8. The van der Waals surface area contributed by atoms with Crippen LogP contribution in [0, 0.1) is 0 Å². The zero-order valence-electron chi connectivity index (χ0n) is 39.2. The van der Waals surface area contributed by atoms with Gasteiger partial charge in [-0.2, -0.15) is 50.7 Å². The fourth-order valence-corrected chi connectivity index (χ4v) is 8.59. The quantitative estimate of drug-likeness (QED) is 0.0351. The van der Waals surface area contributed by atoms with Crippen molar-refractivity contribution < 1.29 is 199 Å². The molecule has 1 aliphatic rings. The molecule has 0 aromatic heterocycles. The first-order valence-corrected chi connectivity index (χ1v) is 23.8. The van der Waals surface area contributed by atoms with Gasteiger partial charge < -0.3 is 20.6 Å². The molecule has 23 nitrogen and oxygen atoms in total. The van der Waals surface area contributed by atoms with Crippen LogP contribution in [0.15, 0.2) is 172 Å². The third-order valence-corrected chi connectivity index (χ3v) is 12.8. The minimum Gasteiger partial charge on any atom is -0.506 e. The number of nitrogens with one attached hydrogen (secondary N) is 1. The number of anilines is 3. The summed E-state index contributed by atoms with van der Waals surface area (Å²) in [6.07, 6.45) is 0. The van der Waals surface area contributed by atoms with Gasteiger partial charge in [0.15, 0.2) is 11.8 Å². The number of benzene rings is 7. The molecule has 1 unspecified atom stereocenters. The van der Waals surface area contributed by atoms with E-state index in [1.165, 1.54) is 43.3 Å². The summed E-state index contributed by atoms with van der Waals surface area (Å²) in [4.78, 5) is 23.0. The topological polar surface area (TPSA) is 360 Å². The van der Waals surface area contributed by atoms with Crippen molar-refractivity contribution in [3.05, 3.63) is 127 Å². The van der Waals surface area contributed by atoms with Crippen LogP contribution in [0.4, 0.5) is 45.5 Å². The number of carboxylic acids is 1. The first kappa shape index (κ1) is 64.4. The van der Waals surface area contributed by atoms with Gasteiger partial charge in [-0.1, -0.05) is 24.3 Å². The number of aromatic hydroxyl groups is 2. The summed E-state index contributed by atoms with van der Waals surface area (Å²) in [7, 11) is -14.6. The predicted octanol–water partition coefficient (Wildman–Crippen LogP) is -2.69. The molecule has 0 saturated heterocycles. The molecule has 0 fully saturated rings. The normalized spacial score (nSPS) is 13.7. The fourth-order valence-electron chi connectivity index (χ4n) is 6.91. The number of nitrogens with zero attached hydrogens (tertiary/aromatic N) is 8. The van der Waals surface area contributed by atoms with Crippen LogP contribution in [-0.4, -0.2) is 77.9 Å². The van der Waals surface area contributed by atoms with Gasteiger partial charge in [-0.15, -0.1) is 15.3 Å². The number of rotatable bonds is 13. The number of carboxylic acid groups (broad SMARTS) is 1. The van der Waals surface area contributed by atoms with Crippen molar-refractivity contribution in [1.82, 2.24) is 0 Å². The Morgan fingerprint density at radius 2 is 1.23 bits per heavy atom. The van der Waals surface area contributed by atoms with E-state index in [0.717, 1.165) is 53.2 Å². The molecule has 0 bridgehead atoms. The van der Waals surface area contributed by atoms with E-state index < -0.39 is 85.7 Å². The monoisotopic (exact) mass is 1150 g/mol. The molecule has 0 saturated carbocycles. The van der Waals surface area contributed by atoms with Crippen molar-refractivity contribution in [3.8, 4) is 11.5 Å². The maximum absolute atomic E-state index is 13.4. The number of hydrogen-bond acceptors (Lipinski definition) is 18. The summed E-state index contributed by atoms with van der Waals surface area (Å²) < 4.78 is 102. The number of carbonyl (C=O) groups is 2. The van der Waals surface area contributed by atoms with E-state index in [-0.39, 0.29) is 191 Å². The molecular formula is C43H31CuN9Na4O14S3+4. The standard InChI is InChI=1S/C43H31N9O14S3.Cu.4Na/c1-22-38(48-46-34-16-13-29(68(61,62)63)20-33(34)43(56)57)42(55)52(51-22)27-10-7-25(8-11-27)45-47-35-21-36(53)39(31-15-12-28(19-32(31)35)67(58,59)60)49-50-40-37(69(64,65)66)18-23-17-26(9-14-30(23)41(40)54)44-24-5-3-2-4-6-24;;;;;/h2-21,38,44,53-54H,1H3,(H,56,57)(H,58,59,60)(H,61,62,63)(H,64,65,66);;;;;/q;;4*+1. The van der Waals surface area contributed by atoms with Crippen LogP contribution >= 0.6 is 0 Å². The van der Waals surface area contributed by atoms with E-state index >= 15 is 0 Å². The van der Waals surface area contributed by atoms with Gasteiger partial charge in [0.2, 0.25) is 0 Å². The van der Waals surface area contributed by atoms with Crippen LogP contribution in [0.2, 0.25) is 0 Å². The average molecular weight is 1150 g/mol. The molecule has 8 rings (SSSR count). The van der Waals surface area contributed by atoms with Crippen molar-refractivity contribution >= 4 is 115 Å². The SMILES string of the molecule is CC1=NN(c2ccc(N=Nc3cc(O)c(N=Nc4c(S(=O)(=O)O)cc5cc(Nc6ccccc6)ccc5c4O)c4ccc(S(=O)(=O)O)cc34)cc2)C(=O)C1N=Nc1ccc(S(=O)(=O)O)cc1C(=O)O.[Cu].[Na+].[Na+].[Na+].[Na+]. The number of fused-ring (bicyclic) bond motifs is 2. The third kappa shape index (κ3) is 14.4. The molecule has 361 valence electrons. The van der Waals surface area contributed by atoms with Gasteiger partial charge in [-0.3, -0.25) is 18.5 Å². The smallest absolute Gasteiger partial charge is 0.506 e. The van der Waals surface area contributed by atoms with Gasteiger partial charge >= 0.3 is 124 Å². The fraction of sp³-hybridized carbons (Fsp3) is 0.0465. The molecule has 1 atom stereocenters. The number of aromatic carboxylic acids is 1. The van der Waals surface area contributed by atoms with Gasteiger partial charge in [0.1, 0.15) is 22.0 Å². The van der Waals surface area contributed by atoms with Gasteiger partial charge in [0.05, 0.1) is 43.8 Å². The van der Waals surface area contributed by atoms with Crippen molar-refractivity contribution in [1.29, 1.82) is 0 Å². The van der Waals surface area contributed by atoms with E-state index in [1.807, 2.05) is 6.07 Å². The largest absolute Gasteiger partial charge is 1.00 e. The summed E-state index contributed by atoms with van der Waals surface area (Å²) in [6.45, 7) is 1.47. The number of amides is 1. The van der Waals surface area contributed by atoms with Crippen LogP contribution in [0.5, 0.6) is 11.5 Å². The van der Waals surface area contributed by atoms with E-state index in [0.29, 0.717) is 11.8 Å². The number of hydrazone groups is 1. The van der Waals surface area contributed by atoms with Crippen LogP contribution in [0.3, 0.4) is 0 Å². The molecule has 1 amide bonds. The second-order valence-corrected chi connectivity index (χ2v) is 19.0. The summed E-state index contributed by atoms with van der Waals surface area (Å²) >= 11 is 0. The maximum Gasteiger partial charge on any atom is 1.00 e. The molecule has 1 aliphatic heterocycles. The number of phenolic OH excluding ortho intramolecular Hbond substituents is 2. The molecule has 1 radical (unpaired) electrons. The van der Waals surface area contributed by atoms with Gasteiger partial charge in [-0.05, 0) is 103 Å². The molecule has 31 heteroatoms. The van der Waals surface area contributed by atoms with Crippen molar-refractivity contribution in [2.75, 3.05) is 10.3 Å². The van der Waals surface area contributed by atoms with Gasteiger partial charge in [-0.25, -0.2) is 4.79 Å². The Hall–Kier alpha value is -3.88. The zero-order chi connectivity index (χ0) is 49.6. The number of phenols is 2. The van der Waals surface area contributed by atoms with Crippen LogP contribution in [0.25, 0.3) is 21.5 Å². The number of hydrogen-bond donors (Lipinski definition) is 7. The number of carbonyl (C=O) groups excluding carboxylic acids is 1. The Kier molecular flexibility index (Phi) is 22.6. The van der Waals surface area contributed by atoms with E-state index in [4.69, 9.17) is 0 Å². The van der Waals surface area contributed by atoms with Gasteiger partial charge in [0, 0.05) is 50.7 Å². The summed E-state index contributed by atoms with van der Waals surface area (Å²) in [5, 5.41) is 64.7. The summed E-state index contributed by atoms with van der Waals surface area (Å²) in [6, 6.07) is 25.9. The maximum atomic E-state index is 13.4. The van der Waals surface area contributed by atoms with Crippen molar-refractivity contribution in [2.24, 2.45) is 35.8 Å². The van der Waals surface area contributed by atoms with E-state index in [2.05, 4.69) is 41.1 Å². The van der Waals surface area contributed by atoms with Crippen molar-refractivity contribution in [3.63, 3.8) is 0 Å². The van der Waals surface area contributed by atoms with Gasteiger partial charge in [0.25, 0.3) is 36.3 Å². The first-order chi connectivity index (χ1) is 32.6. The minimum atomic E-state index is -5.06. The predicted molar refractivity (Wildman–Crippen MR) is 247 cm³/mol. The number of azo groups is 3. The number of para-hydroxylation sites is 1. The molecule has 74 heavy (non-hydrogen) atoms. The van der Waals surface area contributed by atoms with E-state index in [1.54, 1.807) is 30.3 Å². The van der Waals surface area contributed by atoms with Crippen LogP contribution in [0.1, 0.15) is 17.3 Å². The molecule has 7 N–H and O–H groups in total. The molecule has 7 aromatic carbocycles. The second kappa shape index (κ2) is 26.0. The summed E-state index contributed by atoms with van der Waals surface area (Å²) in [5.41, 5.74) is -0.367.